The van der Waals surface area contributed by atoms with E-state index in [-0.39, 0.29) is 6.03 Å². The van der Waals surface area contributed by atoms with Crippen LogP contribution in [0, 0.1) is 0 Å². The summed E-state index contributed by atoms with van der Waals surface area (Å²) in [4.78, 5) is 23.1. The zero-order valence-electron chi connectivity index (χ0n) is 17.7. The van der Waals surface area contributed by atoms with Gasteiger partial charge < -0.3 is 24.1 Å². The molecular formula is C22H30N6O2. The fourth-order valence-electron chi connectivity index (χ4n) is 3.22. The number of amides is 2. The van der Waals surface area contributed by atoms with E-state index in [1.54, 1.807) is 18.7 Å². The molecule has 0 bridgehead atoms. The van der Waals surface area contributed by atoms with Crippen LogP contribution in [0.5, 0.6) is 5.75 Å². The molecule has 160 valence electrons. The second-order valence-electron chi connectivity index (χ2n) is 7.09. The molecule has 0 spiro atoms. The highest BCUT2D eigenvalue weighted by Crippen LogP contribution is 2.14. The van der Waals surface area contributed by atoms with Gasteiger partial charge in [-0.25, -0.2) is 14.8 Å². The van der Waals surface area contributed by atoms with Crippen LogP contribution < -0.4 is 10.1 Å². The van der Waals surface area contributed by atoms with Crippen molar-refractivity contribution in [1.29, 1.82) is 0 Å². The third-order valence-electron chi connectivity index (χ3n) is 4.84. The van der Waals surface area contributed by atoms with Crippen LogP contribution in [0.1, 0.15) is 24.7 Å². The third-order valence-corrected chi connectivity index (χ3v) is 4.84. The Morgan fingerprint density at radius 1 is 1.20 bits per heavy atom. The molecule has 0 atom stereocenters. The Hall–Kier alpha value is -3.29. The Morgan fingerprint density at radius 2 is 2.03 bits per heavy atom. The van der Waals surface area contributed by atoms with Crippen molar-refractivity contribution < 1.29 is 9.53 Å². The number of ether oxygens (including phenoxy) is 1. The maximum absolute atomic E-state index is 12.9. The number of imidazole rings is 2. The number of aromatic nitrogens is 4. The lowest BCUT2D eigenvalue weighted by Crippen LogP contribution is -2.41. The summed E-state index contributed by atoms with van der Waals surface area (Å²) in [6.07, 6.45) is 10.7. The molecule has 0 aliphatic carbocycles. The number of benzene rings is 1. The molecule has 0 aliphatic heterocycles. The quantitative estimate of drug-likeness (QED) is 0.527. The summed E-state index contributed by atoms with van der Waals surface area (Å²) in [6, 6.07) is 7.84. The van der Waals surface area contributed by atoms with Crippen LogP contribution in [0.25, 0.3) is 0 Å². The number of nitrogens with zero attached hydrogens (tertiary/aromatic N) is 5. The summed E-state index contributed by atoms with van der Waals surface area (Å²) in [5.41, 5.74) is 1.07. The lowest BCUT2D eigenvalue weighted by molar-refractivity contribution is 0.193. The molecule has 2 heterocycles. The summed E-state index contributed by atoms with van der Waals surface area (Å²) in [5, 5.41) is 3.03. The molecule has 8 heteroatoms. The fourth-order valence-corrected chi connectivity index (χ4v) is 3.22. The predicted octanol–water partition coefficient (Wildman–Crippen LogP) is 2.86. The van der Waals surface area contributed by atoms with E-state index in [1.165, 1.54) is 0 Å². The SMILES string of the molecule is CCOc1ccc(CN(CCCn2ccnc2)C(=O)NCCc2nccn2C)cc1. The van der Waals surface area contributed by atoms with Gasteiger partial charge in [0.15, 0.2) is 0 Å². The molecule has 0 radical (unpaired) electrons. The summed E-state index contributed by atoms with van der Waals surface area (Å²) in [5.74, 6) is 1.79. The molecule has 3 rings (SSSR count). The van der Waals surface area contributed by atoms with Gasteiger partial charge in [-0.3, -0.25) is 0 Å². The first-order valence-corrected chi connectivity index (χ1v) is 10.3. The molecule has 30 heavy (non-hydrogen) atoms. The molecular weight excluding hydrogens is 380 g/mol. The van der Waals surface area contributed by atoms with E-state index in [9.17, 15) is 4.79 Å². The van der Waals surface area contributed by atoms with E-state index in [0.29, 0.717) is 32.7 Å². The maximum atomic E-state index is 12.9. The fraction of sp³-hybridized carbons (Fsp3) is 0.409. The number of hydrogen-bond acceptors (Lipinski definition) is 4. The summed E-state index contributed by atoms with van der Waals surface area (Å²) in [6.45, 7) is 5.17. The van der Waals surface area contributed by atoms with Crippen molar-refractivity contribution in [2.24, 2.45) is 7.05 Å². The Morgan fingerprint density at radius 3 is 2.70 bits per heavy atom. The molecule has 0 fully saturated rings. The average molecular weight is 411 g/mol. The Bertz CT molecular complexity index is 889. The first kappa shape index (κ1) is 21.4. The van der Waals surface area contributed by atoms with Gasteiger partial charge in [-0.1, -0.05) is 12.1 Å². The lowest BCUT2D eigenvalue weighted by Gasteiger charge is -2.23. The summed E-state index contributed by atoms with van der Waals surface area (Å²) >= 11 is 0. The van der Waals surface area contributed by atoms with Gasteiger partial charge in [-0.15, -0.1) is 0 Å². The maximum Gasteiger partial charge on any atom is 0.317 e. The van der Waals surface area contributed by atoms with Crippen LogP contribution in [-0.2, 0) is 26.6 Å². The highest BCUT2D eigenvalue weighted by molar-refractivity contribution is 5.74. The number of carbonyl (C=O) groups excluding carboxylic acids is 1. The van der Waals surface area contributed by atoms with Crippen LogP contribution >= 0.6 is 0 Å². The van der Waals surface area contributed by atoms with Crippen LogP contribution in [0.4, 0.5) is 4.79 Å². The van der Waals surface area contributed by atoms with Crippen molar-refractivity contribution in [2.45, 2.75) is 32.9 Å². The van der Waals surface area contributed by atoms with Crippen LogP contribution in [0.3, 0.4) is 0 Å². The van der Waals surface area contributed by atoms with Gasteiger partial charge >= 0.3 is 6.03 Å². The molecule has 8 nitrogen and oxygen atoms in total. The van der Waals surface area contributed by atoms with Gasteiger partial charge in [-0.05, 0) is 31.0 Å². The molecule has 2 aromatic heterocycles. The average Bonchev–Trinajstić information content (AvgIpc) is 3.41. The zero-order valence-corrected chi connectivity index (χ0v) is 17.7. The van der Waals surface area contributed by atoms with Gasteiger partial charge in [0.05, 0.1) is 12.9 Å². The van der Waals surface area contributed by atoms with E-state index < -0.39 is 0 Å². The number of rotatable bonds is 11. The predicted molar refractivity (Wildman–Crippen MR) is 115 cm³/mol. The lowest BCUT2D eigenvalue weighted by atomic mass is 10.2. The highest BCUT2D eigenvalue weighted by atomic mass is 16.5. The minimum Gasteiger partial charge on any atom is -0.494 e. The van der Waals surface area contributed by atoms with Gasteiger partial charge in [0.25, 0.3) is 0 Å². The molecule has 1 aromatic carbocycles. The van der Waals surface area contributed by atoms with Gasteiger partial charge in [0, 0.05) is 64.4 Å². The number of hydrogen-bond donors (Lipinski definition) is 1. The minimum absolute atomic E-state index is 0.0660. The highest BCUT2D eigenvalue weighted by Gasteiger charge is 2.14. The minimum atomic E-state index is -0.0660. The van der Waals surface area contributed by atoms with Crippen molar-refractivity contribution >= 4 is 6.03 Å². The van der Waals surface area contributed by atoms with Crippen LogP contribution in [-0.4, -0.2) is 49.7 Å². The number of nitrogens with one attached hydrogen (secondary N) is 1. The van der Waals surface area contributed by atoms with E-state index in [1.807, 2.05) is 64.7 Å². The van der Waals surface area contributed by atoms with Crippen LogP contribution in [0.15, 0.2) is 55.4 Å². The van der Waals surface area contributed by atoms with Gasteiger partial charge in [-0.2, -0.15) is 0 Å². The van der Waals surface area contributed by atoms with Crippen LogP contribution in [0.2, 0.25) is 0 Å². The smallest absolute Gasteiger partial charge is 0.317 e. The second kappa shape index (κ2) is 11.0. The monoisotopic (exact) mass is 410 g/mol. The number of aryl methyl sites for hydroxylation is 2. The normalized spacial score (nSPS) is 10.7. The standard InChI is InChI=1S/C22H30N6O2/c1-3-30-20-7-5-19(6-8-20)17-28(14-4-13-27-16-11-23-18-27)22(29)25-10-9-21-24-12-15-26(21)2/h5-8,11-12,15-16,18H,3-4,9-10,13-14,17H2,1-2H3,(H,25,29). The van der Waals surface area contributed by atoms with Gasteiger partial charge in [0.2, 0.25) is 0 Å². The van der Waals surface area contributed by atoms with Crippen molar-refractivity contribution in [3.05, 3.63) is 66.8 Å². The van der Waals surface area contributed by atoms with E-state index in [2.05, 4.69) is 15.3 Å². The van der Waals surface area contributed by atoms with E-state index >= 15 is 0 Å². The third kappa shape index (κ3) is 6.37. The first-order chi connectivity index (χ1) is 14.7. The topological polar surface area (TPSA) is 77.2 Å². The van der Waals surface area contributed by atoms with Gasteiger partial charge in [0.1, 0.15) is 11.6 Å². The van der Waals surface area contributed by atoms with Crippen molar-refractivity contribution in [3.8, 4) is 5.75 Å². The largest absolute Gasteiger partial charge is 0.494 e. The number of carbonyl (C=O) groups is 1. The summed E-state index contributed by atoms with van der Waals surface area (Å²) < 4.78 is 9.50. The zero-order chi connectivity index (χ0) is 21.2. The Labute approximate surface area is 177 Å². The van der Waals surface area contributed by atoms with Crippen molar-refractivity contribution in [1.82, 2.24) is 29.3 Å². The Kier molecular flexibility index (Phi) is 7.88. The molecule has 2 amide bonds. The molecule has 0 saturated carbocycles. The van der Waals surface area contributed by atoms with Crippen molar-refractivity contribution in [3.63, 3.8) is 0 Å². The number of urea groups is 1. The molecule has 0 unspecified atom stereocenters. The van der Waals surface area contributed by atoms with E-state index in [0.717, 1.165) is 30.1 Å². The molecule has 0 aliphatic rings. The molecule has 1 N–H and O–H groups in total. The van der Waals surface area contributed by atoms with E-state index in [4.69, 9.17) is 4.74 Å². The molecule has 0 saturated heterocycles. The second-order valence-corrected chi connectivity index (χ2v) is 7.09. The van der Waals surface area contributed by atoms with Crippen molar-refractivity contribution in [2.75, 3.05) is 19.7 Å². The Balaban J connectivity index is 1.56. The molecule has 3 aromatic rings. The summed E-state index contributed by atoms with van der Waals surface area (Å²) in [7, 11) is 1.96. The first-order valence-electron chi connectivity index (χ1n) is 10.3.